The lowest BCUT2D eigenvalue weighted by Gasteiger charge is -2.38. The summed E-state index contributed by atoms with van der Waals surface area (Å²) in [6, 6.07) is 2.47. The van der Waals surface area contributed by atoms with Gasteiger partial charge in [-0.1, -0.05) is 0 Å². The number of hydrogen-bond acceptors (Lipinski definition) is 6. The average molecular weight is 264 g/mol. The highest BCUT2D eigenvalue weighted by atomic mass is 32.1. The molecule has 2 aromatic rings. The van der Waals surface area contributed by atoms with Crippen LogP contribution >= 0.6 is 11.5 Å². The van der Waals surface area contributed by atoms with Crippen LogP contribution in [0.1, 0.15) is 11.9 Å². The van der Waals surface area contributed by atoms with Gasteiger partial charge in [0.1, 0.15) is 0 Å². The minimum Gasteiger partial charge on any atom is -0.353 e. The molecule has 0 N–H and O–H groups in total. The van der Waals surface area contributed by atoms with E-state index < -0.39 is 0 Å². The second-order valence-corrected chi connectivity index (χ2v) is 5.45. The molecule has 6 nitrogen and oxygen atoms in total. The molecule has 0 aromatic carbocycles. The van der Waals surface area contributed by atoms with Crippen molar-refractivity contribution >= 4 is 16.7 Å². The zero-order valence-electron chi connectivity index (χ0n) is 10.5. The highest BCUT2D eigenvalue weighted by molar-refractivity contribution is 7.09. The molecule has 7 heteroatoms. The molecule has 0 amide bonds. The maximum Gasteiger partial charge on any atom is 0.204 e. The van der Waals surface area contributed by atoms with Gasteiger partial charge in [0.2, 0.25) is 5.13 Å². The smallest absolute Gasteiger partial charge is 0.204 e. The van der Waals surface area contributed by atoms with Crippen LogP contribution in [0, 0.1) is 0 Å². The van der Waals surface area contributed by atoms with Crippen LogP contribution in [-0.4, -0.2) is 51.2 Å². The second kappa shape index (κ2) is 4.66. The molecule has 0 radical (unpaired) electrons. The number of nitrogens with zero attached hydrogens (tertiary/aromatic N) is 6. The second-order valence-electron chi connectivity index (χ2n) is 4.72. The summed E-state index contributed by atoms with van der Waals surface area (Å²) in [4.78, 5) is 8.82. The zero-order chi connectivity index (χ0) is 12.5. The van der Waals surface area contributed by atoms with Gasteiger partial charge in [-0.3, -0.25) is 9.58 Å². The molecule has 0 spiro atoms. The standard InChI is InChI=1S/C11H16N6S/c1-15(2)11-13-10(14-18-11)8-16-6-9(7-16)17-5-3-4-12-17/h3-5,9H,6-8H2,1-2H3. The Bertz CT molecular complexity index is 499. The lowest BCUT2D eigenvalue weighted by molar-refractivity contribution is 0.0885. The summed E-state index contributed by atoms with van der Waals surface area (Å²) in [5, 5.41) is 5.23. The largest absolute Gasteiger partial charge is 0.353 e. The Morgan fingerprint density at radius 1 is 1.44 bits per heavy atom. The van der Waals surface area contributed by atoms with Gasteiger partial charge in [0, 0.05) is 51.1 Å². The monoisotopic (exact) mass is 264 g/mol. The van der Waals surface area contributed by atoms with Gasteiger partial charge in [-0.05, 0) is 6.07 Å². The van der Waals surface area contributed by atoms with Gasteiger partial charge in [0.25, 0.3) is 0 Å². The molecule has 1 saturated heterocycles. The molecule has 3 heterocycles. The average Bonchev–Trinajstić information content (AvgIpc) is 2.94. The first-order chi connectivity index (χ1) is 8.72. The van der Waals surface area contributed by atoms with Crippen LogP contribution in [0.2, 0.25) is 0 Å². The summed E-state index contributed by atoms with van der Waals surface area (Å²) in [5.41, 5.74) is 0. The summed E-state index contributed by atoms with van der Waals surface area (Å²) in [6.07, 6.45) is 3.85. The van der Waals surface area contributed by atoms with Crippen LogP contribution in [-0.2, 0) is 6.54 Å². The molecule has 0 atom stereocenters. The maximum atomic E-state index is 4.49. The molecule has 1 aliphatic rings. The lowest BCUT2D eigenvalue weighted by atomic mass is 10.1. The first-order valence-electron chi connectivity index (χ1n) is 5.94. The van der Waals surface area contributed by atoms with Gasteiger partial charge < -0.3 is 4.90 Å². The van der Waals surface area contributed by atoms with Gasteiger partial charge in [-0.15, -0.1) is 0 Å². The Morgan fingerprint density at radius 3 is 2.89 bits per heavy atom. The van der Waals surface area contributed by atoms with Crippen LogP contribution in [0.5, 0.6) is 0 Å². The molecule has 0 unspecified atom stereocenters. The third-order valence-electron chi connectivity index (χ3n) is 3.04. The quantitative estimate of drug-likeness (QED) is 0.819. The highest BCUT2D eigenvalue weighted by Gasteiger charge is 2.29. The van der Waals surface area contributed by atoms with Crippen LogP contribution in [0.25, 0.3) is 0 Å². The minimum absolute atomic E-state index is 0.506. The van der Waals surface area contributed by atoms with Crippen LogP contribution in [0.15, 0.2) is 18.5 Å². The number of rotatable bonds is 4. The normalized spacial score (nSPS) is 16.8. The Hall–Kier alpha value is -1.47. The van der Waals surface area contributed by atoms with Crippen molar-refractivity contribution in [1.82, 2.24) is 24.0 Å². The number of hydrogen-bond donors (Lipinski definition) is 0. The van der Waals surface area contributed by atoms with E-state index in [0.29, 0.717) is 6.04 Å². The Labute approximate surface area is 110 Å². The third kappa shape index (κ3) is 2.23. The van der Waals surface area contributed by atoms with E-state index in [1.807, 2.05) is 42.1 Å². The Balaban J connectivity index is 1.53. The summed E-state index contributed by atoms with van der Waals surface area (Å²) in [5.74, 6) is 0.919. The van der Waals surface area contributed by atoms with E-state index in [-0.39, 0.29) is 0 Å². The highest BCUT2D eigenvalue weighted by Crippen LogP contribution is 2.23. The molecule has 18 heavy (non-hydrogen) atoms. The number of aromatic nitrogens is 4. The summed E-state index contributed by atoms with van der Waals surface area (Å²) < 4.78 is 6.40. The minimum atomic E-state index is 0.506. The fourth-order valence-corrected chi connectivity index (χ4v) is 2.62. The van der Waals surface area contributed by atoms with Crippen molar-refractivity contribution in [2.24, 2.45) is 0 Å². The molecule has 1 aliphatic heterocycles. The molecule has 96 valence electrons. The fraction of sp³-hybridized carbons (Fsp3) is 0.545. The predicted octanol–water partition coefficient (Wildman–Crippen LogP) is 0.857. The van der Waals surface area contributed by atoms with Gasteiger partial charge in [-0.25, -0.2) is 4.98 Å². The predicted molar refractivity (Wildman–Crippen MR) is 70.8 cm³/mol. The molecule has 0 bridgehead atoms. The SMILES string of the molecule is CN(C)c1nc(CN2CC(n3cccn3)C2)ns1. The third-order valence-corrected chi connectivity index (χ3v) is 3.96. The maximum absolute atomic E-state index is 4.49. The van der Waals surface area contributed by atoms with Crippen LogP contribution < -0.4 is 4.90 Å². The topological polar surface area (TPSA) is 50.1 Å². The molecule has 1 fully saturated rings. The van der Waals surface area contributed by atoms with E-state index in [0.717, 1.165) is 30.6 Å². The van der Waals surface area contributed by atoms with E-state index in [2.05, 4.69) is 19.4 Å². The van der Waals surface area contributed by atoms with Gasteiger partial charge in [-0.2, -0.15) is 9.47 Å². The number of likely N-dealkylation sites (tertiary alicyclic amines) is 1. The van der Waals surface area contributed by atoms with Crippen molar-refractivity contribution in [2.75, 3.05) is 32.1 Å². The first-order valence-corrected chi connectivity index (χ1v) is 6.71. The van der Waals surface area contributed by atoms with Gasteiger partial charge >= 0.3 is 0 Å². The zero-order valence-corrected chi connectivity index (χ0v) is 11.3. The fourth-order valence-electron chi connectivity index (χ4n) is 2.03. The molecular weight excluding hydrogens is 248 g/mol. The van der Waals surface area contributed by atoms with E-state index in [9.17, 15) is 0 Å². The van der Waals surface area contributed by atoms with E-state index in [1.54, 1.807) is 0 Å². The lowest BCUT2D eigenvalue weighted by Crippen LogP contribution is -2.47. The van der Waals surface area contributed by atoms with E-state index >= 15 is 0 Å². The molecule has 0 aliphatic carbocycles. The van der Waals surface area contributed by atoms with Crippen molar-refractivity contribution < 1.29 is 0 Å². The summed E-state index contributed by atoms with van der Waals surface area (Å²) in [6.45, 7) is 2.89. The van der Waals surface area contributed by atoms with Crippen molar-refractivity contribution in [2.45, 2.75) is 12.6 Å². The van der Waals surface area contributed by atoms with Crippen molar-refractivity contribution in [3.05, 3.63) is 24.3 Å². The molecular formula is C11H16N6S. The Kier molecular flexibility index (Phi) is 3.00. The Morgan fingerprint density at radius 2 is 2.28 bits per heavy atom. The van der Waals surface area contributed by atoms with Gasteiger partial charge in [0.15, 0.2) is 5.82 Å². The van der Waals surface area contributed by atoms with Crippen molar-refractivity contribution in [3.63, 3.8) is 0 Å². The van der Waals surface area contributed by atoms with Crippen LogP contribution in [0.3, 0.4) is 0 Å². The van der Waals surface area contributed by atoms with E-state index in [1.165, 1.54) is 11.5 Å². The summed E-state index contributed by atoms with van der Waals surface area (Å²) >= 11 is 1.45. The summed E-state index contributed by atoms with van der Waals surface area (Å²) in [7, 11) is 3.98. The van der Waals surface area contributed by atoms with Gasteiger partial charge in [0.05, 0.1) is 12.6 Å². The molecule has 2 aromatic heterocycles. The number of anilines is 1. The molecule has 0 saturated carbocycles. The van der Waals surface area contributed by atoms with Crippen molar-refractivity contribution in [1.29, 1.82) is 0 Å². The van der Waals surface area contributed by atoms with E-state index in [4.69, 9.17) is 0 Å². The first kappa shape index (κ1) is 11.6. The molecule has 3 rings (SSSR count). The van der Waals surface area contributed by atoms with Crippen molar-refractivity contribution in [3.8, 4) is 0 Å². The van der Waals surface area contributed by atoms with Crippen LogP contribution in [0.4, 0.5) is 5.13 Å².